The Balaban J connectivity index is 3.45. The van der Waals surface area contributed by atoms with Crippen LogP contribution in [0.2, 0.25) is 0 Å². The molecule has 0 radical (unpaired) electrons. The predicted octanol–water partition coefficient (Wildman–Crippen LogP) is 2.90. The lowest BCUT2D eigenvalue weighted by Gasteiger charge is -1.87. The Labute approximate surface area is 93.6 Å². The van der Waals surface area contributed by atoms with Crippen LogP contribution in [-0.4, -0.2) is 11.7 Å². The van der Waals surface area contributed by atoms with Gasteiger partial charge in [-0.25, -0.2) is 0 Å². The molecule has 1 nitrogen and oxygen atoms in total. The third-order valence-corrected chi connectivity index (χ3v) is 1.82. The summed E-state index contributed by atoms with van der Waals surface area (Å²) in [6, 6.07) is 0. The van der Waals surface area contributed by atoms with Crippen molar-refractivity contribution >= 4 is 0 Å². The highest BCUT2D eigenvalue weighted by Crippen LogP contribution is 1.96. The van der Waals surface area contributed by atoms with E-state index in [4.69, 9.17) is 5.11 Å². The summed E-state index contributed by atoms with van der Waals surface area (Å²) in [4.78, 5) is 0. The summed E-state index contributed by atoms with van der Waals surface area (Å²) in [6.07, 6.45) is 9.75. The molecule has 0 aromatic carbocycles. The van der Waals surface area contributed by atoms with Crippen LogP contribution in [0.3, 0.4) is 0 Å². The van der Waals surface area contributed by atoms with Gasteiger partial charge in [0.05, 0.1) is 0 Å². The summed E-state index contributed by atoms with van der Waals surface area (Å²) >= 11 is 0. The molecule has 0 unspecified atom stereocenters. The molecule has 0 saturated heterocycles. The summed E-state index contributed by atoms with van der Waals surface area (Å²) in [5.74, 6) is 11.8. The largest absolute Gasteiger partial charge is 0.396 e. The van der Waals surface area contributed by atoms with Gasteiger partial charge in [0.15, 0.2) is 0 Å². The second kappa shape index (κ2) is 12.8. The van der Waals surface area contributed by atoms with Crippen LogP contribution in [0.15, 0.2) is 12.2 Å². The molecule has 0 rings (SSSR count). The molecule has 1 N–H and O–H groups in total. The van der Waals surface area contributed by atoms with Crippen LogP contribution in [0.1, 0.15) is 45.4 Å². The number of hydrogen-bond donors (Lipinski definition) is 1. The molecule has 0 bridgehead atoms. The molecule has 0 aromatic heterocycles. The molecule has 0 heterocycles. The number of allylic oxidation sites excluding steroid dienone is 2. The summed E-state index contributed by atoms with van der Waals surface area (Å²) in [5.41, 5.74) is 0. The van der Waals surface area contributed by atoms with Crippen molar-refractivity contribution in [3.63, 3.8) is 0 Å². The smallest absolute Gasteiger partial charge is 0.0440 e. The Morgan fingerprint density at radius 3 is 2.07 bits per heavy atom. The maximum absolute atomic E-state index is 8.50. The Kier molecular flexibility index (Phi) is 11.8. The van der Waals surface area contributed by atoms with Gasteiger partial charge >= 0.3 is 0 Å². The Bertz CT molecular complexity index is 267. The minimum absolute atomic E-state index is 0.218. The fraction of sp³-hybridized carbons (Fsp3) is 0.571. The molecule has 0 aliphatic carbocycles. The molecule has 1 heteroatoms. The topological polar surface area (TPSA) is 20.2 Å². The normalized spacial score (nSPS) is 9.20. The maximum Gasteiger partial charge on any atom is 0.0440 e. The van der Waals surface area contributed by atoms with E-state index in [1.54, 1.807) is 12.2 Å². The average molecular weight is 204 g/mol. The van der Waals surface area contributed by atoms with Gasteiger partial charge in [-0.1, -0.05) is 43.4 Å². The van der Waals surface area contributed by atoms with E-state index in [1.165, 1.54) is 19.3 Å². The van der Waals surface area contributed by atoms with Gasteiger partial charge in [0.25, 0.3) is 0 Å². The van der Waals surface area contributed by atoms with Gasteiger partial charge in [0.1, 0.15) is 0 Å². The lowest BCUT2D eigenvalue weighted by Crippen LogP contribution is -1.77. The highest BCUT2D eigenvalue weighted by atomic mass is 16.2. The van der Waals surface area contributed by atoms with Gasteiger partial charge in [0, 0.05) is 19.4 Å². The molecule has 82 valence electrons. The standard InChI is InChI=1S/C14H20O/c1-2-3-4-5-6-7-8-9-10-11-12-13-14-15/h8-9,15H,2-5,12-14H2,1H3/b9-8+. The van der Waals surface area contributed by atoms with Crippen molar-refractivity contribution < 1.29 is 5.11 Å². The fourth-order valence-electron chi connectivity index (χ4n) is 0.976. The van der Waals surface area contributed by atoms with E-state index in [-0.39, 0.29) is 6.61 Å². The molecular formula is C14H20O. The molecule has 0 aliphatic heterocycles. The quantitative estimate of drug-likeness (QED) is 0.539. The molecule has 0 aliphatic rings. The van der Waals surface area contributed by atoms with E-state index in [1.807, 2.05) is 0 Å². The molecule has 0 aromatic rings. The van der Waals surface area contributed by atoms with Crippen LogP contribution in [0.25, 0.3) is 0 Å². The SMILES string of the molecule is CCCCCC#C/C=C/C#CCCCO. The number of aliphatic hydroxyl groups is 1. The average Bonchev–Trinajstić information content (AvgIpc) is 2.26. The van der Waals surface area contributed by atoms with E-state index >= 15 is 0 Å². The van der Waals surface area contributed by atoms with Gasteiger partial charge in [-0.2, -0.15) is 0 Å². The summed E-state index contributed by atoms with van der Waals surface area (Å²) in [5, 5.41) is 8.50. The van der Waals surface area contributed by atoms with Crippen molar-refractivity contribution in [3.8, 4) is 23.7 Å². The molecule has 0 fully saturated rings. The number of unbranched alkanes of at least 4 members (excludes halogenated alkanes) is 4. The van der Waals surface area contributed by atoms with Gasteiger partial charge in [0.2, 0.25) is 0 Å². The summed E-state index contributed by atoms with van der Waals surface area (Å²) in [6.45, 7) is 2.41. The minimum atomic E-state index is 0.218. The minimum Gasteiger partial charge on any atom is -0.396 e. The molecule has 0 spiro atoms. The highest BCUT2D eigenvalue weighted by Gasteiger charge is 1.79. The van der Waals surface area contributed by atoms with Crippen LogP contribution < -0.4 is 0 Å². The van der Waals surface area contributed by atoms with Crippen LogP contribution >= 0.6 is 0 Å². The summed E-state index contributed by atoms with van der Waals surface area (Å²) in [7, 11) is 0. The van der Waals surface area contributed by atoms with E-state index in [0.717, 1.165) is 19.3 Å². The Hall–Kier alpha value is -1.18. The van der Waals surface area contributed by atoms with E-state index in [2.05, 4.69) is 30.6 Å². The van der Waals surface area contributed by atoms with Crippen molar-refractivity contribution in [2.45, 2.75) is 45.4 Å². The first-order valence-corrected chi connectivity index (χ1v) is 5.64. The van der Waals surface area contributed by atoms with Crippen LogP contribution in [0.4, 0.5) is 0 Å². The van der Waals surface area contributed by atoms with Crippen molar-refractivity contribution in [1.29, 1.82) is 0 Å². The first-order valence-electron chi connectivity index (χ1n) is 5.64. The Morgan fingerprint density at radius 2 is 1.53 bits per heavy atom. The zero-order valence-electron chi connectivity index (χ0n) is 9.55. The maximum atomic E-state index is 8.50. The van der Waals surface area contributed by atoms with Crippen LogP contribution in [0.5, 0.6) is 0 Å². The van der Waals surface area contributed by atoms with Gasteiger partial charge in [-0.15, -0.1) is 0 Å². The van der Waals surface area contributed by atoms with Gasteiger partial charge in [-0.3, -0.25) is 0 Å². The van der Waals surface area contributed by atoms with Gasteiger partial charge in [-0.05, 0) is 25.0 Å². The zero-order valence-corrected chi connectivity index (χ0v) is 9.55. The van der Waals surface area contributed by atoms with Crippen molar-refractivity contribution in [1.82, 2.24) is 0 Å². The van der Waals surface area contributed by atoms with Gasteiger partial charge < -0.3 is 5.11 Å². The number of aliphatic hydroxyl groups excluding tert-OH is 1. The first-order chi connectivity index (χ1) is 7.41. The van der Waals surface area contributed by atoms with Crippen molar-refractivity contribution in [2.24, 2.45) is 0 Å². The number of rotatable bonds is 5. The van der Waals surface area contributed by atoms with Crippen molar-refractivity contribution in [2.75, 3.05) is 6.61 Å². The third kappa shape index (κ3) is 12.8. The van der Waals surface area contributed by atoms with E-state index in [0.29, 0.717) is 0 Å². The third-order valence-electron chi connectivity index (χ3n) is 1.82. The fourth-order valence-corrected chi connectivity index (χ4v) is 0.976. The van der Waals surface area contributed by atoms with E-state index < -0.39 is 0 Å². The lowest BCUT2D eigenvalue weighted by molar-refractivity contribution is 0.290. The molecule has 15 heavy (non-hydrogen) atoms. The van der Waals surface area contributed by atoms with Crippen LogP contribution in [0, 0.1) is 23.7 Å². The molecule has 0 amide bonds. The summed E-state index contributed by atoms with van der Waals surface area (Å²) < 4.78 is 0. The molecule has 0 saturated carbocycles. The second-order valence-electron chi connectivity index (χ2n) is 3.26. The highest BCUT2D eigenvalue weighted by molar-refractivity contribution is 5.24. The number of hydrogen-bond acceptors (Lipinski definition) is 1. The first kappa shape index (κ1) is 13.8. The van der Waals surface area contributed by atoms with Crippen LogP contribution in [-0.2, 0) is 0 Å². The second-order valence-corrected chi connectivity index (χ2v) is 3.26. The zero-order chi connectivity index (χ0) is 11.2. The lowest BCUT2D eigenvalue weighted by atomic mass is 10.2. The predicted molar refractivity (Wildman–Crippen MR) is 65.2 cm³/mol. The Morgan fingerprint density at radius 1 is 0.933 bits per heavy atom. The van der Waals surface area contributed by atoms with E-state index in [9.17, 15) is 0 Å². The molecule has 0 atom stereocenters. The molecular weight excluding hydrogens is 184 g/mol. The monoisotopic (exact) mass is 204 g/mol. The van der Waals surface area contributed by atoms with Crippen molar-refractivity contribution in [3.05, 3.63) is 12.2 Å².